The molecule has 1 amide bonds. The first-order valence-electron chi connectivity index (χ1n) is 8.65. The number of likely N-dealkylation sites (tertiary alicyclic amines) is 1. The molecule has 2 aromatic carbocycles. The van der Waals surface area contributed by atoms with Crippen LogP contribution in [-0.2, 0) is 13.1 Å². The Morgan fingerprint density at radius 2 is 1.72 bits per heavy atom. The maximum absolute atomic E-state index is 13.6. The Hall–Kier alpha value is -2.27. The molecule has 1 aliphatic heterocycles. The summed E-state index contributed by atoms with van der Waals surface area (Å²) in [5, 5.41) is 2.66. The zero-order chi connectivity index (χ0) is 17.6. The number of nitrogens with zero attached hydrogens (tertiary/aromatic N) is 1. The number of halogens is 2. The van der Waals surface area contributed by atoms with Crippen molar-refractivity contribution in [3.63, 3.8) is 0 Å². The number of rotatable bonds is 5. The second-order valence-corrected chi connectivity index (χ2v) is 6.45. The summed E-state index contributed by atoms with van der Waals surface area (Å²) in [7, 11) is 0. The van der Waals surface area contributed by atoms with Gasteiger partial charge in [0.1, 0.15) is 11.6 Å². The van der Waals surface area contributed by atoms with Gasteiger partial charge in [0.25, 0.3) is 5.91 Å². The zero-order valence-electron chi connectivity index (χ0n) is 14.1. The molecule has 3 nitrogen and oxygen atoms in total. The highest BCUT2D eigenvalue weighted by molar-refractivity contribution is 5.94. The molecular formula is C20H22F2N2O. The van der Waals surface area contributed by atoms with Crippen LogP contribution in [0.3, 0.4) is 0 Å². The van der Waals surface area contributed by atoms with Crippen molar-refractivity contribution >= 4 is 5.91 Å². The van der Waals surface area contributed by atoms with E-state index in [1.165, 1.54) is 37.0 Å². The number of benzene rings is 2. The van der Waals surface area contributed by atoms with Crippen molar-refractivity contribution in [3.05, 3.63) is 70.8 Å². The van der Waals surface area contributed by atoms with Crippen molar-refractivity contribution in [3.8, 4) is 0 Å². The van der Waals surface area contributed by atoms with E-state index < -0.39 is 11.6 Å². The minimum Gasteiger partial charge on any atom is -0.348 e. The molecule has 1 fully saturated rings. The molecule has 25 heavy (non-hydrogen) atoms. The second-order valence-electron chi connectivity index (χ2n) is 6.45. The standard InChI is InChI=1S/C20H22F2N2O/c21-18-9-8-17(19(22)12-18)13-23-20(25)16-6-4-15(5-7-16)14-24-10-2-1-3-11-24/h4-9,12H,1-3,10-11,13-14H2,(H,23,25). The van der Waals surface area contributed by atoms with Gasteiger partial charge < -0.3 is 5.32 Å². The summed E-state index contributed by atoms with van der Waals surface area (Å²) in [6.07, 6.45) is 3.81. The predicted octanol–water partition coefficient (Wildman–Crippen LogP) is 3.88. The summed E-state index contributed by atoms with van der Waals surface area (Å²) in [4.78, 5) is 14.6. The molecule has 0 aromatic heterocycles. The van der Waals surface area contributed by atoms with Crippen molar-refractivity contribution in [2.45, 2.75) is 32.4 Å². The number of carbonyl (C=O) groups excluding carboxylic acids is 1. The number of hydrogen-bond donors (Lipinski definition) is 1. The molecule has 0 aliphatic carbocycles. The summed E-state index contributed by atoms with van der Waals surface area (Å²) in [5.74, 6) is -1.55. The van der Waals surface area contributed by atoms with E-state index in [1.54, 1.807) is 12.1 Å². The number of nitrogens with one attached hydrogen (secondary N) is 1. The number of carbonyl (C=O) groups is 1. The van der Waals surface area contributed by atoms with E-state index >= 15 is 0 Å². The topological polar surface area (TPSA) is 32.3 Å². The van der Waals surface area contributed by atoms with Gasteiger partial charge in [-0.2, -0.15) is 0 Å². The molecule has 0 unspecified atom stereocenters. The smallest absolute Gasteiger partial charge is 0.251 e. The van der Waals surface area contributed by atoms with Gasteiger partial charge in [0, 0.05) is 30.3 Å². The summed E-state index contributed by atoms with van der Waals surface area (Å²) in [5.41, 5.74) is 1.98. The third-order valence-corrected chi connectivity index (χ3v) is 4.53. The van der Waals surface area contributed by atoms with Gasteiger partial charge in [-0.1, -0.05) is 24.6 Å². The van der Waals surface area contributed by atoms with E-state index in [1.807, 2.05) is 12.1 Å². The lowest BCUT2D eigenvalue weighted by atomic mass is 10.1. The van der Waals surface area contributed by atoms with E-state index in [2.05, 4.69) is 10.2 Å². The Labute approximate surface area is 146 Å². The van der Waals surface area contributed by atoms with Gasteiger partial charge in [-0.15, -0.1) is 0 Å². The Balaban J connectivity index is 1.55. The predicted molar refractivity (Wildman–Crippen MR) is 93.1 cm³/mol. The first-order valence-corrected chi connectivity index (χ1v) is 8.65. The van der Waals surface area contributed by atoms with Crippen LogP contribution in [0.15, 0.2) is 42.5 Å². The van der Waals surface area contributed by atoms with Crippen LogP contribution in [0, 0.1) is 11.6 Å². The van der Waals surface area contributed by atoms with Crippen LogP contribution in [0.25, 0.3) is 0 Å². The molecule has 1 heterocycles. The Morgan fingerprint density at radius 3 is 2.40 bits per heavy atom. The van der Waals surface area contributed by atoms with Crippen LogP contribution in [0.4, 0.5) is 8.78 Å². The monoisotopic (exact) mass is 344 g/mol. The molecule has 0 spiro atoms. The zero-order valence-corrected chi connectivity index (χ0v) is 14.1. The minimum absolute atomic E-state index is 0.0282. The third kappa shape index (κ3) is 4.86. The summed E-state index contributed by atoms with van der Waals surface area (Å²) < 4.78 is 26.5. The lowest BCUT2D eigenvalue weighted by Gasteiger charge is -2.26. The molecule has 3 rings (SSSR count). The van der Waals surface area contributed by atoms with Gasteiger partial charge in [0.15, 0.2) is 0 Å². The first-order chi connectivity index (χ1) is 12.1. The molecule has 2 aromatic rings. The van der Waals surface area contributed by atoms with Crippen LogP contribution in [0.5, 0.6) is 0 Å². The lowest BCUT2D eigenvalue weighted by molar-refractivity contribution is 0.0950. The fourth-order valence-electron chi connectivity index (χ4n) is 3.08. The van der Waals surface area contributed by atoms with Crippen molar-refractivity contribution < 1.29 is 13.6 Å². The molecule has 0 saturated carbocycles. The summed E-state index contributed by atoms with van der Waals surface area (Å²) in [6, 6.07) is 10.8. The van der Waals surface area contributed by atoms with Gasteiger partial charge in [-0.25, -0.2) is 8.78 Å². The third-order valence-electron chi connectivity index (χ3n) is 4.53. The fraction of sp³-hybridized carbons (Fsp3) is 0.350. The largest absolute Gasteiger partial charge is 0.348 e. The number of amides is 1. The molecule has 132 valence electrons. The molecule has 1 aliphatic rings. The Bertz CT molecular complexity index is 725. The summed E-state index contributed by atoms with van der Waals surface area (Å²) >= 11 is 0. The van der Waals surface area contributed by atoms with Gasteiger partial charge in [0.2, 0.25) is 0 Å². The van der Waals surface area contributed by atoms with Crippen LogP contribution in [-0.4, -0.2) is 23.9 Å². The molecule has 1 N–H and O–H groups in total. The van der Waals surface area contributed by atoms with Gasteiger partial charge >= 0.3 is 0 Å². The van der Waals surface area contributed by atoms with E-state index in [9.17, 15) is 13.6 Å². The van der Waals surface area contributed by atoms with Crippen molar-refractivity contribution in [1.82, 2.24) is 10.2 Å². The highest BCUT2D eigenvalue weighted by atomic mass is 19.1. The fourth-order valence-corrected chi connectivity index (χ4v) is 3.08. The quantitative estimate of drug-likeness (QED) is 0.893. The van der Waals surface area contributed by atoms with Crippen LogP contribution in [0.2, 0.25) is 0 Å². The normalized spacial score (nSPS) is 15.1. The number of piperidine rings is 1. The maximum atomic E-state index is 13.6. The first kappa shape index (κ1) is 17.5. The average Bonchev–Trinajstić information content (AvgIpc) is 2.62. The highest BCUT2D eigenvalue weighted by Crippen LogP contribution is 2.14. The summed E-state index contributed by atoms with van der Waals surface area (Å²) in [6.45, 7) is 3.19. The average molecular weight is 344 g/mol. The van der Waals surface area contributed by atoms with Crippen LogP contribution >= 0.6 is 0 Å². The van der Waals surface area contributed by atoms with Crippen LogP contribution in [0.1, 0.15) is 40.7 Å². The SMILES string of the molecule is O=C(NCc1ccc(F)cc1F)c1ccc(CN2CCCCC2)cc1. The van der Waals surface area contributed by atoms with Gasteiger partial charge in [0.05, 0.1) is 0 Å². The van der Waals surface area contributed by atoms with Gasteiger partial charge in [-0.05, 0) is 49.7 Å². The molecule has 5 heteroatoms. The van der Waals surface area contributed by atoms with Crippen molar-refractivity contribution in [1.29, 1.82) is 0 Å². The second kappa shape index (κ2) is 8.21. The Morgan fingerprint density at radius 1 is 1.00 bits per heavy atom. The minimum atomic E-state index is -0.655. The van der Waals surface area contributed by atoms with Gasteiger partial charge in [-0.3, -0.25) is 9.69 Å². The molecule has 0 atom stereocenters. The Kier molecular flexibility index (Phi) is 5.76. The van der Waals surface area contributed by atoms with Crippen molar-refractivity contribution in [2.24, 2.45) is 0 Å². The molecule has 1 saturated heterocycles. The number of hydrogen-bond acceptors (Lipinski definition) is 2. The highest BCUT2D eigenvalue weighted by Gasteiger charge is 2.12. The molecular weight excluding hydrogens is 322 g/mol. The molecule has 0 bridgehead atoms. The molecule has 0 radical (unpaired) electrons. The maximum Gasteiger partial charge on any atom is 0.251 e. The van der Waals surface area contributed by atoms with Crippen LogP contribution < -0.4 is 5.32 Å². The van der Waals surface area contributed by atoms with E-state index in [-0.39, 0.29) is 18.0 Å². The van der Waals surface area contributed by atoms with E-state index in [0.29, 0.717) is 5.56 Å². The lowest BCUT2D eigenvalue weighted by Crippen LogP contribution is -2.29. The van der Waals surface area contributed by atoms with E-state index in [0.717, 1.165) is 25.7 Å². The van der Waals surface area contributed by atoms with E-state index in [4.69, 9.17) is 0 Å². The van der Waals surface area contributed by atoms with Crippen molar-refractivity contribution in [2.75, 3.05) is 13.1 Å².